The van der Waals surface area contributed by atoms with E-state index in [9.17, 15) is 0 Å². The Kier molecular flexibility index (Phi) is 8.21. The summed E-state index contributed by atoms with van der Waals surface area (Å²) >= 11 is 0. The Morgan fingerprint density at radius 2 is 0.791 bits per heavy atom. The standard InChI is InChI=1S/C62H39N5/c1-4-16-40(17-5-1)44-22-14-24-46(36-44)65-54-29-13-11-27-49(54)60-55(65)32-30-43-31-33-56-61(59(43)60)51-38-50-48-26-10-12-28-53(48)66(47-25-15-23-45(37-47)41-18-6-2-7-19-41)57(50)39-58(51)67(56)62-63-35-34-52(64-62)42-20-8-3-9-21-42/h1-39H. The van der Waals surface area contributed by atoms with Gasteiger partial charge in [-0.05, 0) is 94.4 Å². The van der Waals surface area contributed by atoms with Gasteiger partial charge in [0.1, 0.15) is 0 Å². The van der Waals surface area contributed by atoms with Crippen molar-refractivity contribution in [1.82, 2.24) is 23.7 Å². The van der Waals surface area contributed by atoms with Gasteiger partial charge in [-0.2, -0.15) is 0 Å². The van der Waals surface area contributed by atoms with Gasteiger partial charge in [0.25, 0.3) is 0 Å². The van der Waals surface area contributed by atoms with E-state index < -0.39 is 0 Å². The first kappa shape index (κ1) is 37.3. The van der Waals surface area contributed by atoms with E-state index >= 15 is 0 Å². The zero-order valence-corrected chi connectivity index (χ0v) is 36.3. The third kappa shape index (κ3) is 5.75. The molecule has 0 fully saturated rings. The van der Waals surface area contributed by atoms with E-state index in [-0.39, 0.29) is 0 Å². The maximum atomic E-state index is 5.34. The zero-order chi connectivity index (χ0) is 44.0. The third-order valence-electron chi connectivity index (χ3n) is 13.7. The van der Waals surface area contributed by atoms with E-state index in [2.05, 4.69) is 232 Å². The molecule has 5 nitrogen and oxygen atoms in total. The van der Waals surface area contributed by atoms with Crippen LogP contribution in [0.1, 0.15) is 0 Å². The molecule has 0 atom stereocenters. The second-order valence-corrected chi connectivity index (χ2v) is 17.4. The Balaban J connectivity index is 1.12. The van der Waals surface area contributed by atoms with Crippen LogP contribution in [0.2, 0.25) is 0 Å². The van der Waals surface area contributed by atoms with Gasteiger partial charge in [0.05, 0.1) is 38.8 Å². The maximum Gasteiger partial charge on any atom is 0.235 e. The summed E-state index contributed by atoms with van der Waals surface area (Å²) in [6.07, 6.45) is 1.89. The molecule has 312 valence electrons. The molecule has 0 saturated carbocycles. The van der Waals surface area contributed by atoms with Crippen molar-refractivity contribution < 1.29 is 0 Å². The molecule has 0 amide bonds. The molecule has 4 heterocycles. The number of hydrogen-bond acceptors (Lipinski definition) is 2. The molecule has 0 aliphatic heterocycles. The van der Waals surface area contributed by atoms with E-state index in [1.807, 2.05) is 18.3 Å². The van der Waals surface area contributed by atoms with Crippen molar-refractivity contribution in [2.24, 2.45) is 0 Å². The Hall–Kier alpha value is -9.06. The van der Waals surface area contributed by atoms with E-state index in [4.69, 9.17) is 9.97 Å². The van der Waals surface area contributed by atoms with Gasteiger partial charge in [0.2, 0.25) is 5.95 Å². The minimum Gasteiger partial charge on any atom is -0.309 e. The van der Waals surface area contributed by atoms with Crippen molar-refractivity contribution in [1.29, 1.82) is 0 Å². The molecule has 5 heteroatoms. The summed E-state index contributed by atoms with van der Waals surface area (Å²) in [7, 11) is 0. The molecule has 0 aliphatic rings. The van der Waals surface area contributed by atoms with Crippen LogP contribution in [0, 0.1) is 0 Å². The van der Waals surface area contributed by atoms with Crippen molar-refractivity contribution >= 4 is 76.2 Å². The molecule has 0 radical (unpaired) electrons. The first-order valence-electron chi connectivity index (χ1n) is 22.8. The van der Waals surface area contributed by atoms with Crippen LogP contribution >= 0.6 is 0 Å². The predicted octanol–water partition coefficient (Wildman–Crippen LogP) is 15.9. The zero-order valence-electron chi connectivity index (χ0n) is 36.3. The normalized spacial score (nSPS) is 11.9. The van der Waals surface area contributed by atoms with Crippen LogP contribution in [0.5, 0.6) is 0 Å². The van der Waals surface area contributed by atoms with E-state index in [0.29, 0.717) is 5.95 Å². The van der Waals surface area contributed by atoms with Crippen LogP contribution in [0.3, 0.4) is 0 Å². The van der Waals surface area contributed by atoms with Gasteiger partial charge in [-0.25, -0.2) is 9.97 Å². The molecule has 0 aliphatic carbocycles. The number of rotatable bonds is 6. The number of nitrogens with zero attached hydrogens (tertiary/aromatic N) is 5. The summed E-state index contributed by atoms with van der Waals surface area (Å²) in [4.78, 5) is 10.4. The fraction of sp³-hybridized carbons (Fsp3) is 0. The van der Waals surface area contributed by atoms with Gasteiger partial charge in [-0.15, -0.1) is 0 Å². The Morgan fingerprint density at radius 1 is 0.284 bits per heavy atom. The summed E-state index contributed by atoms with van der Waals surface area (Å²) in [5.74, 6) is 0.626. The van der Waals surface area contributed by atoms with Crippen molar-refractivity contribution in [2.45, 2.75) is 0 Å². The molecule has 0 spiro atoms. The molecule has 14 aromatic rings. The fourth-order valence-electron chi connectivity index (χ4n) is 10.8. The molecule has 0 bridgehead atoms. The lowest BCUT2D eigenvalue weighted by atomic mass is 9.98. The van der Waals surface area contributed by atoms with Gasteiger partial charge in [-0.1, -0.05) is 164 Å². The van der Waals surface area contributed by atoms with Crippen molar-refractivity contribution in [3.05, 3.63) is 237 Å². The van der Waals surface area contributed by atoms with Crippen LogP contribution in [0.25, 0.3) is 127 Å². The molecule has 4 aromatic heterocycles. The molecule has 0 unspecified atom stereocenters. The Bertz CT molecular complexity index is 4260. The van der Waals surface area contributed by atoms with E-state index in [1.54, 1.807) is 0 Å². The van der Waals surface area contributed by atoms with Gasteiger partial charge >= 0.3 is 0 Å². The summed E-state index contributed by atoms with van der Waals surface area (Å²) in [6, 6.07) is 83.1. The molecule has 10 aromatic carbocycles. The summed E-state index contributed by atoms with van der Waals surface area (Å²) in [6.45, 7) is 0. The molecular weight excluding hydrogens is 815 g/mol. The third-order valence-corrected chi connectivity index (χ3v) is 13.7. The number of fused-ring (bicyclic) bond motifs is 12. The van der Waals surface area contributed by atoms with E-state index in [0.717, 1.165) is 61.1 Å². The van der Waals surface area contributed by atoms with Crippen LogP contribution in [0.4, 0.5) is 0 Å². The topological polar surface area (TPSA) is 40.6 Å². The van der Waals surface area contributed by atoms with E-state index in [1.165, 1.54) is 60.0 Å². The van der Waals surface area contributed by atoms with Gasteiger partial charge in [0, 0.05) is 60.8 Å². The minimum absolute atomic E-state index is 0.626. The molecule has 14 rings (SSSR count). The SMILES string of the molecule is c1ccc(-c2cccc(-n3c4ccccc4c4cc5c6c7c(ccc8c7c7ccccc7n8-c7cccc(-c8ccccc8)c7)ccc6n(-c6nccc(-c7ccccc7)n6)c5cc43)c2)cc1. The summed E-state index contributed by atoms with van der Waals surface area (Å²) in [5.41, 5.74) is 15.6. The molecular formula is C62H39N5. The molecule has 0 N–H and O–H groups in total. The monoisotopic (exact) mass is 853 g/mol. The smallest absolute Gasteiger partial charge is 0.235 e. The van der Waals surface area contributed by atoms with Crippen LogP contribution in [0.15, 0.2) is 237 Å². The average molecular weight is 854 g/mol. The van der Waals surface area contributed by atoms with Gasteiger partial charge in [-0.3, -0.25) is 4.57 Å². The largest absolute Gasteiger partial charge is 0.309 e. The lowest BCUT2D eigenvalue weighted by Crippen LogP contribution is -2.02. The second kappa shape index (κ2) is 14.7. The second-order valence-electron chi connectivity index (χ2n) is 17.4. The quantitative estimate of drug-likeness (QED) is 0.167. The highest BCUT2D eigenvalue weighted by molar-refractivity contribution is 6.34. The summed E-state index contributed by atoms with van der Waals surface area (Å²) in [5, 5.41) is 9.55. The lowest BCUT2D eigenvalue weighted by molar-refractivity contribution is 0.992. The van der Waals surface area contributed by atoms with Gasteiger partial charge in [0.15, 0.2) is 0 Å². The van der Waals surface area contributed by atoms with Gasteiger partial charge < -0.3 is 9.13 Å². The number of aromatic nitrogens is 5. The number of hydrogen-bond donors (Lipinski definition) is 0. The fourth-order valence-corrected chi connectivity index (χ4v) is 10.8. The Morgan fingerprint density at radius 3 is 1.45 bits per heavy atom. The molecule has 0 saturated heterocycles. The van der Waals surface area contributed by atoms with Crippen molar-refractivity contribution in [2.75, 3.05) is 0 Å². The van der Waals surface area contributed by atoms with Crippen LogP contribution in [-0.4, -0.2) is 23.7 Å². The van der Waals surface area contributed by atoms with Crippen LogP contribution < -0.4 is 0 Å². The highest BCUT2D eigenvalue weighted by Gasteiger charge is 2.24. The first-order valence-corrected chi connectivity index (χ1v) is 22.8. The highest BCUT2D eigenvalue weighted by atomic mass is 15.2. The lowest BCUT2D eigenvalue weighted by Gasteiger charge is -2.11. The minimum atomic E-state index is 0.626. The van der Waals surface area contributed by atoms with Crippen molar-refractivity contribution in [3.63, 3.8) is 0 Å². The first-order chi connectivity index (χ1) is 33.2. The molecule has 67 heavy (non-hydrogen) atoms. The number of benzene rings is 10. The summed E-state index contributed by atoms with van der Waals surface area (Å²) < 4.78 is 7.16. The highest BCUT2D eigenvalue weighted by Crippen LogP contribution is 2.46. The Labute approximate surface area is 385 Å². The number of para-hydroxylation sites is 2. The van der Waals surface area contributed by atoms with Crippen LogP contribution in [-0.2, 0) is 0 Å². The average Bonchev–Trinajstić information content (AvgIpc) is 4.04. The van der Waals surface area contributed by atoms with Crippen molar-refractivity contribution in [3.8, 4) is 50.8 Å². The maximum absolute atomic E-state index is 5.34. The predicted molar refractivity (Wildman–Crippen MR) is 279 cm³/mol.